The molecule has 38 heavy (non-hydrogen) atoms. The van der Waals surface area contributed by atoms with Gasteiger partial charge in [0.15, 0.2) is 0 Å². The van der Waals surface area contributed by atoms with Crippen LogP contribution >= 0.6 is 0 Å². The minimum absolute atomic E-state index is 0.00438. The SMILES string of the molecule is O=C(Oc1ccc2c(c1)CCN(C(=O)Cc1ccccn1)C2)c1ccccc1-c1ccc(C(F)(F)F)cc1. The van der Waals surface area contributed by atoms with E-state index in [-0.39, 0.29) is 17.9 Å². The van der Waals surface area contributed by atoms with Crippen molar-refractivity contribution < 1.29 is 27.5 Å². The van der Waals surface area contributed by atoms with E-state index in [2.05, 4.69) is 4.98 Å². The second-order valence-electron chi connectivity index (χ2n) is 9.00. The fourth-order valence-electron chi connectivity index (χ4n) is 4.49. The predicted octanol–water partition coefficient (Wildman–Crippen LogP) is 6.11. The molecule has 3 aromatic carbocycles. The number of aromatic nitrogens is 1. The molecule has 2 heterocycles. The number of hydrogen-bond acceptors (Lipinski definition) is 4. The third-order valence-corrected chi connectivity index (χ3v) is 6.48. The van der Waals surface area contributed by atoms with Crippen molar-refractivity contribution in [1.82, 2.24) is 9.88 Å². The summed E-state index contributed by atoms with van der Waals surface area (Å²) >= 11 is 0. The highest BCUT2D eigenvalue weighted by Gasteiger charge is 2.30. The van der Waals surface area contributed by atoms with E-state index in [1.807, 2.05) is 24.3 Å². The third-order valence-electron chi connectivity index (χ3n) is 6.48. The van der Waals surface area contributed by atoms with Crippen molar-refractivity contribution in [2.75, 3.05) is 6.54 Å². The minimum atomic E-state index is -4.44. The molecule has 0 N–H and O–H groups in total. The first-order chi connectivity index (χ1) is 18.3. The fourth-order valence-corrected chi connectivity index (χ4v) is 4.49. The van der Waals surface area contributed by atoms with Gasteiger partial charge in [0, 0.05) is 25.0 Å². The third kappa shape index (κ3) is 5.59. The van der Waals surface area contributed by atoms with Crippen molar-refractivity contribution in [2.24, 2.45) is 0 Å². The summed E-state index contributed by atoms with van der Waals surface area (Å²) in [5.41, 5.74) is 3.15. The number of carbonyl (C=O) groups is 2. The lowest BCUT2D eigenvalue weighted by Crippen LogP contribution is -2.37. The van der Waals surface area contributed by atoms with Gasteiger partial charge < -0.3 is 9.64 Å². The highest BCUT2D eigenvalue weighted by atomic mass is 19.4. The average Bonchev–Trinajstić information content (AvgIpc) is 2.93. The zero-order valence-electron chi connectivity index (χ0n) is 20.2. The maximum atomic E-state index is 13.1. The van der Waals surface area contributed by atoms with Gasteiger partial charge in [-0.2, -0.15) is 13.2 Å². The minimum Gasteiger partial charge on any atom is -0.423 e. The summed E-state index contributed by atoms with van der Waals surface area (Å²) in [6, 6.07) is 22.1. The molecule has 0 fully saturated rings. The number of esters is 1. The van der Waals surface area contributed by atoms with Crippen LogP contribution in [0, 0.1) is 0 Å². The number of ether oxygens (including phenoxy) is 1. The lowest BCUT2D eigenvalue weighted by atomic mass is 9.98. The van der Waals surface area contributed by atoms with E-state index in [0.717, 1.165) is 29.0 Å². The molecule has 0 bridgehead atoms. The molecule has 0 unspecified atom stereocenters. The van der Waals surface area contributed by atoms with Crippen molar-refractivity contribution in [3.05, 3.63) is 119 Å². The Labute approximate surface area is 217 Å². The number of nitrogens with zero attached hydrogens (tertiary/aromatic N) is 2. The van der Waals surface area contributed by atoms with Gasteiger partial charge in [0.2, 0.25) is 5.91 Å². The van der Waals surface area contributed by atoms with Gasteiger partial charge in [-0.1, -0.05) is 42.5 Å². The Morgan fingerprint density at radius 2 is 1.66 bits per heavy atom. The Balaban J connectivity index is 1.28. The second kappa shape index (κ2) is 10.5. The highest BCUT2D eigenvalue weighted by molar-refractivity contribution is 5.98. The van der Waals surface area contributed by atoms with Crippen molar-refractivity contribution in [3.8, 4) is 16.9 Å². The number of benzene rings is 3. The van der Waals surface area contributed by atoms with Crippen molar-refractivity contribution in [3.63, 3.8) is 0 Å². The van der Waals surface area contributed by atoms with Crippen LogP contribution in [-0.4, -0.2) is 28.3 Å². The number of pyridine rings is 1. The first-order valence-electron chi connectivity index (χ1n) is 12.1. The van der Waals surface area contributed by atoms with Crippen LogP contribution in [0.1, 0.15) is 32.7 Å². The van der Waals surface area contributed by atoms with E-state index >= 15 is 0 Å². The molecular formula is C30H23F3N2O3. The summed E-state index contributed by atoms with van der Waals surface area (Å²) in [5.74, 6) is -0.239. The van der Waals surface area contributed by atoms with Crippen molar-refractivity contribution in [2.45, 2.75) is 25.6 Å². The lowest BCUT2D eigenvalue weighted by Gasteiger charge is -2.29. The van der Waals surface area contributed by atoms with E-state index in [1.165, 1.54) is 12.1 Å². The molecular weight excluding hydrogens is 493 g/mol. The Bertz CT molecular complexity index is 1470. The summed E-state index contributed by atoms with van der Waals surface area (Å²) < 4.78 is 44.5. The molecule has 0 saturated carbocycles. The molecule has 0 saturated heterocycles. The maximum Gasteiger partial charge on any atom is 0.416 e. The summed E-state index contributed by atoms with van der Waals surface area (Å²) in [6.07, 6.45) is -1.91. The van der Waals surface area contributed by atoms with Crippen LogP contribution in [0.15, 0.2) is 91.1 Å². The van der Waals surface area contributed by atoms with Crippen LogP contribution in [0.2, 0.25) is 0 Å². The number of rotatable bonds is 5. The van der Waals surface area contributed by atoms with E-state index in [4.69, 9.17) is 4.74 Å². The molecule has 1 aliphatic heterocycles. The highest BCUT2D eigenvalue weighted by Crippen LogP contribution is 2.32. The largest absolute Gasteiger partial charge is 0.423 e. The second-order valence-corrected chi connectivity index (χ2v) is 9.00. The number of halogens is 3. The van der Waals surface area contributed by atoms with Crippen molar-refractivity contribution in [1.29, 1.82) is 0 Å². The number of hydrogen-bond donors (Lipinski definition) is 0. The molecule has 192 valence electrons. The van der Waals surface area contributed by atoms with Crippen LogP contribution < -0.4 is 4.74 Å². The van der Waals surface area contributed by atoms with E-state index in [0.29, 0.717) is 36.4 Å². The van der Waals surface area contributed by atoms with Gasteiger partial charge >= 0.3 is 12.1 Å². The Morgan fingerprint density at radius 3 is 2.39 bits per heavy atom. The van der Waals surface area contributed by atoms with Gasteiger partial charge in [0.05, 0.1) is 17.5 Å². The summed E-state index contributed by atoms with van der Waals surface area (Å²) in [5, 5.41) is 0. The number of fused-ring (bicyclic) bond motifs is 1. The van der Waals surface area contributed by atoms with Crippen LogP contribution in [0.5, 0.6) is 5.75 Å². The average molecular weight is 517 g/mol. The van der Waals surface area contributed by atoms with Crippen LogP contribution in [-0.2, 0) is 30.4 Å². The van der Waals surface area contributed by atoms with E-state index in [1.54, 1.807) is 47.5 Å². The normalized spacial score (nSPS) is 13.1. The van der Waals surface area contributed by atoms with Gasteiger partial charge in [0.25, 0.3) is 0 Å². The van der Waals surface area contributed by atoms with Crippen LogP contribution in [0.4, 0.5) is 13.2 Å². The zero-order valence-corrected chi connectivity index (χ0v) is 20.2. The van der Waals surface area contributed by atoms with Crippen molar-refractivity contribution >= 4 is 11.9 Å². The molecule has 1 amide bonds. The van der Waals surface area contributed by atoms with Crippen LogP contribution in [0.3, 0.4) is 0 Å². The van der Waals surface area contributed by atoms with Gasteiger partial charge in [-0.3, -0.25) is 9.78 Å². The number of amides is 1. The zero-order chi connectivity index (χ0) is 26.7. The first kappa shape index (κ1) is 25.2. The Kier molecular flexibility index (Phi) is 6.96. The molecule has 0 spiro atoms. The van der Waals surface area contributed by atoms with E-state index in [9.17, 15) is 22.8 Å². The molecule has 8 heteroatoms. The monoisotopic (exact) mass is 516 g/mol. The predicted molar refractivity (Wildman–Crippen MR) is 135 cm³/mol. The number of alkyl halides is 3. The lowest BCUT2D eigenvalue weighted by molar-refractivity contribution is -0.137. The molecule has 5 nitrogen and oxygen atoms in total. The molecule has 0 atom stereocenters. The quantitative estimate of drug-likeness (QED) is 0.237. The topological polar surface area (TPSA) is 59.5 Å². The summed E-state index contributed by atoms with van der Waals surface area (Å²) in [4.78, 5) is 31.8. The molecule has 4 aromatic rings. The fraction of sp³-hybridized carbons (Fsp3) is 0.167. The standard InChI is InChI=1S/C30H23F3N2O3/c31-30(32,33)23-11-8-20(9-12-23)26-6-1-2-7-27(26)29(37)38-25-13-10-22-19-35(16-14-21(22)17-25)28(36)18-24-5-3-4-15-34-24/h1-13,15,17H,14,16,18-19H2. The first-order valence-corrected chi connectivity index (χ1v) is 12.1. The Hall–Kier alpha value is -4.46. The smallest absolute Gasteiger partial charge is 0.416 e. The van der Waals surface area contributed by atoms with Crippen LogP contribution in [0.25, 0.3) is 11.1 Å². The molecule has 1 aromatic heterocycles. The van der Waals surface area contributed by atoms with Gasteiger partial charge in [0.1, 0.15) is 5.75 Å². The molecule has 5 rings (SSSR count). The van der Waals surface area contributed by atoms with Gasteiger partial charge in [-0.25, -0.2) is 4.79 Å². The summed E-state index contributed by atoms with van der Waals surface area (Å²) in [6.45, 7) is 1.01. The maximum absolute atomic E-state index is 13.1. The number of carbonyl (C=O) groups excluding carboxylic acids is 2. The van der Waals surface area contributed by atoms with Gasteiger partial charge in [-0.15, -0.1) is 0 Å². The molecule has 1 aliphatic rings. The van der Waals surface area contributed by atoms with E-state index < -0.39 is 17.7 Å². The molecule has 0 aliphatic carbocycles. The summed E-state index contributed by atoms with van der Waals surface area (Å²) in [7, 11) is 0. The van der Waals surface area contributed by atoms with Gasteiger partial charge in [-0.05, 0) is 71.1 Å². The Morgan fingerprint density at radius 1 is 0.895 bits per heavy atom. The molecule has 0 radical (unpaired) electrons.